The first-order valence-corrected chi connectivity index (χ1v) is 8.58. The van der Waals surface area contributed by atoms with Crippen molar-refractivity contribution in [1.29, 1.82) is 0 Å². The number of aromatic nitrogens is 3. The number of rotatable bonds is 4. The molecule has 2 fully saturated rings. The molecule has 1 N–H and O–H groups in total. The molecule has 21 heavy (non-hydrogen) atoms. The Bertz CT molecular complexity index is 630. The van der Waals surface area contributed by atoms with Crippen molar-refractivity contribution in [3.8, 4) is 0 Å². The van der Waals surface area contributed by atoms with Crippen LogP contribution in [-0.4, -0.2) is 40.3 Å². The number of hydrogen-bond donors (Lipinski definition) is 1. The maximum Gasteiger partial charge on any atom is 0.245 e. The van der Waals surface area contributed by atoms with E-state index < -0.39 is 0 Å². The molecular formula is C15H20BrN5. The summed E-state index contributed by atoms with van der Waals surface area (Å²) in [6, 6.07) is 4.67. The van der Waals surface area contributed by atoms with E-state index in [1.54, 1.807) is 0 Å². The SMILES string of the molecule is Brc1ccc2nc(N(CC3CCCNC3)C3CC3)nn2c1. The molecule has 1 aliphatic carbocycles. The summed E-state index contributed by atoms with van der Waals surface area (Å²) in [7, 11) is 0. The average molecular weight is 350 g/mol. The first-order chi connectivity index (χ1) is 10.3. The highest BCUT2D eigenvalue weighted by Crippen LogP contribution is 2.31. The van der Waals surface area contributed by atoms with Crippen molar-refractivity contribution in [3.63, 3.8) is 0 Å². The third kappa shape index (κ3) is 2.92. The summed E-state index contributed by atoms with van der Waals surface area (Å²) in [5, 5.41) is 8.19. The van der Waals surface area contributed by atoms with Crippen LogP contribution in [0.25, 0.3) is 5.65 Å². The van der Waals surface area contributed by atoms with Gasteiger partial charge in [0, 0.05) is 23.3 Å². The fourth-order valence-corrected chi connectivity index (χ4v) is 3.43. The number of nitrogens with zero attached hydrogens (tertiary/aromatic N) is 4. The van der Waals surface area contributed by atoms with Gasteiger partial charge in [0.25, 0.3) is 0 Å². The molecular weight excluding hydrogens is 330 g/mol. The molecule has 1 saturated heterocycles. The van der Waals surface area contributed by atoms with Gasteiger partial charge in [-0.05, 0) is 72.8 Å². The first kappa shape index (κ1) is 13.5. The molecule has 1 unspecified atom stereocenters. The molecule has 2 aliphatic rings. The summed E-state index contributed by atoms with van der Waals surface area (Å²) < 4.78 is 2.90. The maximum atomic E-state index is 4.72. The van der Waals surface area contributed by atoms with E-state index in [1.807, 2.05) is 22.8 Å². The molecule has 4 rings (SSSR count). The standard InChI is InChI=1S/C15H20BrN5/c16-12-3-6-14-18-15(19-21(14)10-12)20(13-4-5-13)9-11-2-1-7-17-8-11/h3,6,10-11,13,17H,1-2,4-5,7-9H2. The number of halogens is 1. The minimum atomic E-state index is 0.646. The van der Waals surface area contributed by atoms with Gasteiger partial charge in [-0.25, -0.2) is 4.52 Å². The minimum Gasteiger partial charge on any atom is -0.336 e. The molecule has 0 spiro atoms. The number of anilines is 1. The lowest BCUT2D eigenvalue weighted by Crippen LogP contribution is -2.39. The van der Waals surface area contributed by atoms with Crippen LogP contribution in [0.2, 0.25) is 0 Å². The number of nitrogens with one attached hydrogen (secondary N) is 1. The van der Waals surface area contributed by atoms with Crippen LogP contribution in [-0.2, 0) is 0 Å². The van der Waals surface area contributed by atoms with Gasteiger partial charge in [0.1, 0.15) is 0 Å². The molecule has 0 aromatic carbocycles. The van der Waals surface area contributed by atoms with E-state index in [4.69, 9.17) is 4.98 Å². The zero-order valence-electron chi connectivity index (χ0n) is 12.0. The van der Waals surface area contributed by atoms with E-state index in [9.17, 15) is 0 Å². The monoisotopic (exact) mass is 349 g/mol. The van der Waals surface area contributed by atoms with Gasteiger partial charge in [-0.1, -0.05) is 0 Å². The predicted octanol–water partition coefficient (Wildman–Crippen LogP) is 2.46. The predicted molar refractivity (Wildman–Crippen MR) is 86.6 cm³/mol. The van der Waals surface area contributed by atoms with Crippen molar-refractivity contribution in [2.45, 2.75) is 31.7 Å². The zero-order valence-corrected chi connectivity index (χ0v) is 13.6. The molecule has 5 nitrogen and oxygen atoms in total. The normalized spacial score (nSPS) is 22.6. The van der Waals surface area contributed by atoms with Crippen molar-refractivity contribution >= 4 is 27.5 Å². The van der Waals surface area contributed by atoms with Gasteiger partial charge in [-0.15, -0.1) is 5.10 Å². The summed E-state index contributed by atoms with van der Waals surface area (Å²) in [5.41, 5.74) is 0.917. The van der Waals surface area contributed by atoms with Crippen LogP contribution in [0.4, 0.5) is 5.95 Å². The number of hydrogen-bond acceptors (Lipinski definition) is 4. The summed E-state index contributed by atoms with van der Waals surface area (Å²) >= 11 is 3.49. The molecule has 1 saturated carbocycles. The highest BCUT2D eigenvalue weighted by Gasteiger charge is 2.33. The summed E-state index contributed by atoms with van der Waals surface area (Å²) in [4.78, 5) is 7.15. The van der Waals surface area contributed by atoms with Crippen LogP contribution in [0.5, 0.6) is 0 Å². The summed E-state index contributed by atoms with van der Waals surface area (Å²) in [5.74, 6) is 1.61. The smallest absolute Gasteiger partial charge is 0.245 e. The Labute approximate surface area is 132 Å². The molecule has 1 atom stereocenters. The Morgan fingerprint density at radius 3 is 3.00 bits per heavy atom. The largest absolute Gasteiger partial charge is 0.336 e. The van der Waals surface area contributed by atoms with Gasteiger partial charge >= 0.3 is 0 Å². The van der Waals surface area contributed by atoms with Crippen LogP contribution in [0, 0.1) is 5.92 Å². The topological polar surface area (TPSA) is 45.5 Å². The molecule has 6 heteroatoms. The van der Waals surface area contributed by atoms with Gasteiger partial charge in [0.05, 0.1) is 0 Å². The lowest BCUT2D eigenvalue weighted by molar-refractivity contribution is 0.374. The highest BCUT2D eigenvalue weighted by atomic mass is 79.9. The second kappa shape index (κ2) is 5.57. The van der Waals surface area contributed by atoms with E-state index in [0.29, 0.717) is 6.04 Å². The number of pyridine rings is 1. The minimum absolute atomic E-state index is 0.646. The molecule has 0 radical (unpaired) electrons. The molecule has 1 aliphatic heterocycles. The van der Waals surface area contributed by atoms with Crippen molar-refractivity contribution < 1.29 is 0 Å². The second-order valence-corrected chi connectivity index (χ2v) is 7.07. The second-order valence-electron chi connectivity index (χ2n) is 6.16. The third-order valence-corrected chi connectivity index (χ3v) is 4.85. The van der Waals surface area contributed by atoms with E-state index in [-0.39, 0.29) is 0 Å². The zero-order chi connectivity index (χ0) is 14.2. The van der Waals surface area contributed by atoms with Crippen LogP contribution in [0.3, 0.4) is 0 Å². The Morgan fingerprint density at radius 2 is 2.24 bits per heavy atom. The molecule has 112 valence electrons. The highest BCUT2D eigenvalue weighted by molar-refractivity contribution is 9.10. The molecule has 0 bridgehead atoms. The fraction of sp³-hybridized carbons (Fsp3) is 0.600. The Kier molecular flexibility index (Phi) is 3.59. The van der Waals surface area contributed by atoms with E-state index >= 15 is 0 Å². The van der Waals surface area contributed by atoms with Crippen molar-refractivity contribution in [2.75, 3.05) is 24.5 Å². The Morgan fingerprint density at radius 1 is 1.33 bits per heavy atom. The first-order valence-electron chi connectivity index (χ1n) is 7.79. The van der Waals surface area contributed by atoms with Gasteiger partial charge < -0.3 is 10.2 Å². The van der Waals surface area contributed by atoms with Crippen LogP contribution in [0.15, 0.2) is 22.8 Å². The Balaban J connectivity index is 1.59. The van der Waals surface area contributed by atoms with Crippen molar-refractivity contribution in [1.82, 2.24) is 19.9 Å². The van der Waals surface area contributed by atoms with E-state index in [1.165, 1.54) is 32.2 Å². The number of fused-ring (bicyclic) bond motifs is 1. The van der Waals surface area contributed by atoms with Crippen LogP contribution in [0.1, 0.15) is 25.7 Å². The van der Waals surface area contributed by atoms with Crippen LogP contribution >= 0.6 is 15.9 Å². The van der Waals surface area contributed by atoms with Gasteiger partial charge in [0.15, 0.2) is 5.65 Å². The quantitative estimate of drug-likeness (QED) is 0.920. The third-order valence-electron chi connectivity index (χ3n) is 4.38. The molecule has 2 aromatic heterocycles. The van der Waals surface area contributed by atoms with Crippen molar-refractivity contribution in [2.24, 2.45) is 5.92 Å². The van der Waals surface area contributed by atoms with Crippen LogP contribution < -0.4 is 10.2 Å². The Hall–Kier alpha value is -1.14. The average Bonchev–Trinajstić information content (AvgIpc) is 3.25. The van der Waals surface area contributed by atoms with E-state index in [0.717, 1.165) is 35.1 Å². The van der Waals surface area contributed by atoms with E-state index in [2.05, 4.69) is 31.2 Å². The molecule has 3 heterocycles. The summed E-state index contributed by atoms with van der Waals surface area (Å²) in [6.45, 7) is 3.37. The fourth-order valence-electron chi connectivity index (χ4n) is 3.11. The maximum absolute atomic E-state index is 4.72. The van der Waals surface area contributed by atoms with Crippen molar-refractivity contribution in [3.05, 3.63) is 22.8 Å². The molecule has 0 amide bonds. The van der Waals surface area contributed by atoms with Gasteiger partial charge in [0.2, 0.25) is 5.95 Å². The van der Waals surface area contributed by atoms with Gasteiger partial charge in [-0.3, -0.25) is 0 Å². The lowest BCUT2D eigenvalue weighted by Gasteiger charge is -2.29. The summed E-state index contributed by atoms with van der Waals surface area (Å²) in [6.07, 6.45) is 7.13. The molecule has 2 aromatic rings. The lowest BCUT2D eigenvalue weighted by atomic mass is 9.99. The number of piperidine rings is 1. The van der Waals surface area contributed by atoms with Gasteiger partial charge in [-0.2, -0.15) is 4.98 Å².